The molecule has 4 atom stereocenters. The number of alkyl halides is 3. The van der Waals surface area contributed by atoms with Crippen LogP contribution in [0.25, 0.3) is 0 Å². The van der Waals surface area contributed by atoms with Gasteiger partial charge in [0.05, 0.1) is 23.1 Å². The molecule has 0 aromatic heterocycles. The maximum absolute atomic E-state index is 13.0. The molecular weight excluding hydrogens is 361 g/mol. The summed E-state index contributed by atoms with van der Waals surface area (Å²) in [4.78, 5) is 38.4. The molecule has 1 N–H and O–H groups in total. The molecule has 5 nitrogen and oxygen atoms in total. The second kappa shape index (κ2) is 6.35. The predicted molar refractivity (Wildman–Crippen MR) is 89.2 cm³/mol. The molecule has 144 valence electrons. The van der Waals surface area contributed by atoms with Gasteiger partial charge in [-0.3, -0.25) is 19.3 Å². The number of para-hydroxylation sites is 1. The van der Waals surface area contributed by atoms with Gasteiger partial charge in [0.15, 0.2) is 0 Å². The molecule has 1 saturated heterocycles. The van der Waals surface area contributed by atoms with Crippen LogP contribution < -0.4 is 5.32 Å². The van der Waals surface area contributed by atoms with Gasteiger partial charge in [0.25, 0.3) is 0 Å². The average Bonchev–Trinajstić information content (AvgIpc) is 3.27. The SMILES string of the molecule is O=C(CCN1C(=O)[C@@H]2[C@@H]3CC[C@H](C3)[C@@H]2C1=O)Nc1ccccc1C(F)(F)F. The third kappa shape index (κ3) is 3.00. The van der Waals surface area contributed by atoms with Gasteiger partial charge in [-0.1, -0.05) is 12.1 Å². The summed E-state index contributed by atoms with van der Waals surface area (Å²) in [5.74, 6) is -1.10. The second-order valence-corrected chi connectivity index (χ2v) is 7.55. The Bertz CT molecular complexity index is 780. The van der Waals surface area contributed by atoms with Crippen LogP contribution in [0.15, 0.2) is 24.3 Å². The predicted octanol–water partition coefficient (Wildman–Crippen LogP) is 3.07. The summed E-state index contributed by atoms with van der Waals surface area (Å²) >= 11 is 0. The average molecular weight is 380 g/mol. The molecule has 1 aromatic carbocycles. The minimum Gasteiger partial charge on any atom is -0.325 e. The lowest BCUT2D eigenvalue weighted by atomic mass is 9.81. The number of hydrogen-bond acceptors (Lipinski definition) is 3. The van der Waals surface area contributed by atoms with E-state index in [1.807, 2.05) is 0 Å². The number of nitrogens with zero attached hydrogens (tertiary/aromatic N) is 1. The maximum Gasteiger partial charge on any atom is 0.418 e. The van der Waals surface area contributed by atoms with Gasteiger partial charge < -0.3 is 5.32 Å². The van der Waals surface area contributed by atoms with E-state index in [0.717, 1.165) is 30.2 Å². The molecule has 1 aromatic rings. The lowest BCUT2D eigenvalue weighted by Gasteiger charge is -2.19. The van der Waals surface area contributed by atoms with Gasteiger partial charge in [0.1, 0.15) is 0 Å². The topological polar surface area (TPSA) is 66.5 Å². The Morgan fingerprint density at radius 2 is 1.67 bits per heavy atom. The smallest absolute Gasteiger partial charge is 0.325 e. The Morgan fingerprint density at radius 1 is 1.07 bits per heavy atom. The van der Waals surface area contributed by atoms with E-state index >= 15 is 0 Å². The van der Waals surface area contributed by atoms with E-state index in [-0.39, 0.29) is 54.1 Å². The van der Waals surface area contributed by atoms with Gasteiger partial charge in [-0.2, -0.15) is 13.2 Å². The minimum absolute atomic E-state index is 0.0931. The monoisotopic (exact) mass is 380 g/mol. The molecule has 2 aliphatic carbocycles. The molecule has 2 saturated carbocycles. The molecule has 3 amide bonds. The van der Waals surface area contributed by atoms with Gasteiger partial charge in [-0.15, -0.1) is 0 Å². The van der Waals surface area contributed by atoms with Crippen molar-refractivity contribution in [2.24, 2.45) is 23.7 Å². The molecule has 0 spiro atoms. The molecule has 27 heavy (non-hydrogen) atoms. The lowest BCUT2D eigenvalue weighted by molar-refractivity contribution is -0.141. The summed E-state index contributed by atoms with van der Waals surface area (Å²) in [5.41, 5.74) is -1.26. The van der Waals surface area contributed by atoms with Crippen LogP contribution in [-0.2, 0) is 20.6 Å². The first-order valence-electron chi connectivity index (χ1n) is 9.08. The molecule has 0 unspecified atom stereocenters. The zero-order valence-electron chi connectivity index (χ0n) is 14.5. The van der Waals surface area contributed by atoms with Crippen LogP contribution in [0.1, 0.15) is 31.2 Å². The fraction of sp³-hybridized carbons (Fsp3) is 0.526. The summed E-state index contributed by atoms with van der Waals surface area (Å²) in [7, 11) is 0. The van der Waals surface area contributed by atoms with Crippen molar-refractivity contribution in [3.8, 4) is 0 Å². The van der Waals surface area contributed by atoms with Crippen molar-refractivity contribution in [1.29, 1.82) is 0 Å². The van der Waals surface area contributed by atoms with Gasteiger partial charge in [-0.05, 0) is 43.2 Å². The van der Waals surface area contributed by atoms with Crippen LogP contribution in [-0.4, -0.2) is 29.2 Å². The summed E-state index contributed by atoms with van der Waals surface area (Å²) in [6, 6.07) is 4.71. The third-order valence-electron chi connectivity index (χ3n) is 6.09. The molecule has 1 heterocycles. The van der Waals surface area contributed by atoms with Crippen LogP contribution in [0.4, 0.5) is 18.9 Å². The number of anilines is 1. The highest BCUT2D eigenvalue weighted by molar-refractivity contribution is 6.06. The van der Waals surface area contributed by atoms with Crippen molar-refractivity contribution in [3.05, 3.63) is 29.8 Å². The fourth-order valence-electron chi connectivity index (χ4n) is 4.96. The Morgan fingerprint density at radius 3 is 2.26 bits per heavy atom. The van der Waals surface area contributed by atoms with Crippen molar-refractivity contribution in [2.75, 3.05) is 11.9 Å². The number of nitrogens with one attached hydrogen (secondary N) is 1. The van der Waals surface area contributed by atoms with E-state index in [0.29, 0.717) is 0 Å². The van der Waals surface area contributed by atoms with Gasteiger partial charge >= 0.3 is 6.18 Å². The van der Waals surface area contributed by atoms with Crippen LogP contribution in [0.3, 0.4) is 0 Å². The van der Waals surface area contributed by atoms with Crippen LogP contribution in [0, 0.1) is 23.7 Å². The van der Waals surface area contributed by atoms with Gasteiger partial charge in [0.2, 0.25) is 17.7 Å². The normalized spacial score (nSPS) is 29.4. The fourth-order valence-corrected chi connectivity index (χ4v) is 4.96. The quantitative estimate of drug-likeness (QED) is 0.817. The number of benzene rings is 1. The summed E-state index contributed by atoms with van der Waals surface area (Å²) in [5, 5.41) is 2.24. The molecule has 3 aliphatic rings. The van der Waals surface area contributed by atoms with E-state index in [2.05, 4.69) is 5.32 Å². The summed E-state index contributed by atoms with van der Waals surface area (Å²) in [6.07, 6.45) is -1.95. The first-order chi connectivity index (χ1) is 12.8. The summed E-state index contributed by atoms with van der Waals surface area (Å²) < 4.78 is 39.0. The molecule has 3 fully saturated rings. The molecule has 0 radical (unpaired) electrons. The van der Waals surface area contributed by atoms with Crippen LogP contribution in [0.2, 0.25) is 0 Å². The van der Waals surface area contributed by atoms with Crippen molar-refractivity contribution in [2.45, 2.75) is 31.9 Å². The van der Waals surface area contributed by atoms with Crippen LogP contribution in [0.5, 0.6) is 0 Å². The number of rotatable bonds is 4. The molecule has 2 bridgehead atoms. The molecule has 8 heteroatoms. The largest absolute Gasteiger partial charge is 0.418 e. The Kier molecular flexibility index (Phi) is 4.24. The van der Waals surface area contributed by atoms with Crippen molar-refractivity contribution < 1.29 is 27.6 Å². The first-order valence-corrected chi connectivity index (χ1v) is 9.08. The van der Waals surface area contributed by atoms with E-state index in [4.69, 9.17) is 0 Å². The van der Waals surface area contributed by atoms with E-state index < -0.39 is 17.6 Å². The van der Waals surface area contributed by atoms with Crippen molar-refractivity contribution in [3.63, 3.8) is 0 Å². The van der Waals surface area contributed by atoms with Gasteiger partial charge in [0, 0.05) is 13.0 Å². The highest BCUT2D eigenvalue weighted by Gasteiger charge is 2.60. The zero-order chi connectivity index (χ0) is 19.3. The number of fused-ring (bicyclic) bond motifs is 5. The number of halogens is 3. The highest BCUT2D eigenvalue weighted by atomic mass is 19.4. The second-order valence-electron chi connectivity index (χ2n) is 7.55. The highest BCUT2D eigenvalue weighted by Crippen LogP contribution is 2.56. The van der Waals surface area contributed by atoms with Crippen molar-refractivity contribution >= 4 is 23.4 Å². The number of amides is 3. The van der Waals surface area contributed by atoms with Gasteiger partial charge in [-0.25, -0.2) is 0 Å². The standard InChI is InChI=1S/C19H19F3N2O3/c20-19(21,22)12-3-1-2-4-13(12)23-14(25)7-8-24-17(26)15-10-5-6-11(9-10)16(15)18(24)27/h1-4,10-11,15-16H,5-9H2,(H,23,25)/t10-,11-,15-,16+/m1/s1. The van der Waals surface area contributed by atoms with Crippen LogP contribution >= 0.6 is 0 Å². The number of likely N-dealkylation sites (tertiary alicyclic amines) is 1. The molecule has 1 aliphatic heterocycles. The number of imide groups is 1. The number of hydrogen-bond donors (Lipinski definition) is 1. The number of carbonyl (C=O) groups excluding carboxylic acids is 3. The lowest BCUT2D eigenvalue weighted by Crippen LogP contribution is -2.35. The Labute approximate surface area is 153 Å². The molecular formula is C19H19F3N2O3. The minimum atomic E-state index is -4.58. The van der Waals surface area contributed by atoms with Crippen molar-refractivity contribution in [1.82, 2.24) is 4.90 Å². The molecule has 4 rings (SSSR count). The Hall–Kier alpha value is -2.38. The Balaban J connectivity index is 1.40. The first kappa shape index (κ1) is 18.0. The third-order valence-corrected chi connectivity index (χ3v) is 6.09. The van der Waals surface area contributed by atoms with E-state index in [9.17, 15) is 27.6 Å². The summed E-state index contributed by atoms with van der Waals surface area (Å²) in [6.45, 7) is -0.0931. The van der Waals surface area contributed by atoms with E-state index in [1.54, 1.807) is 0 Å². The zero-order valence-corrected chi connectivity index (χ0v) is 14.5. The van der Waals surface area contributed by atoms with E-state index in [1.165, 1.54) is 18.2 Å². The number of carbonyl (C=O) groups is 3. The maximum atomic E-state index is 13.0.